The van der Waals surface area contributed by atoms with Gasteiger partial charge in [0.2, 0.25) is 0 Å². The lowest BCUT2D eigenvalue weighted by molar-refractivity contribution is -0.113. The number of ether oxygens (including phenoxy) is 1. The van der Waals surface area contributed by atoms with E-state index < -0.39 is 5.82 Å². The molecule has 0 atom stereocenters. The van der Waals surface area contributed by atoms with Crippen molar-refractivity contribution in [3.8, 4) is 0 Å². The summed E-state index contributed by atoms with van der Waals surface area (Å²) >= 11 is 12.4. The summed E-state index contributed by atoms with van der Waals surface area (Å²) in [5.74, 6) is -0.776. The van der Waals surface area contributed by atoms with Crippen molar-refractivity contribution in [2.45, 2.75) is 0 Å². The third-order valence-corrected chi connectivity index (χ3v) is 6.11. The molecule has 0 unspecified atom stereocenters. The maximum Gasteiger partial charge on any atom is 0.270 e. The summed E-state index contributed by atoms with van der Waals surface area (Å²) in [6, 6.07) is 12.2. The van der Waals surface area contributed by atoms with Crippen LogP contribution in [0.1, 0.15) is 5.56 Å². The zero-order valence-corrected chi connectivity index (χ0v) is 17.1. The Hall–Kier alpha value is -1.93. The number of hydrogen-bond donors (Lipinski definition) is 0. The second kappa shape index (κ2) is 8.21. The van der Waals surface area contributed by atoms with Crippen LogP contribution in [-0.4, -0.2) is 36.5 Å². The molecule has 0 aromatic heterocycles. The Kier molecular flexibility index (Phi) is 5.68. The molecular weight excluding hydrogens is 419 g/mol. The van der Waals surface area contributed by atoms with E-state index in [1.54, 1.807) is 0 Å². The van der Waals surface area contributed by atoms with E-state index in [0.717, 1.165) is 37.6 Å². The summed E-state index contributed by atoms with van der Waals surface area (Å²) in [7, 11) is 0. The Balaban J connectivity index is 1.54. The monoisotopic (exact) mass is 434 g/mol. The first-order valence-electron chi connectivity index (χ1n) is 8.69. The van der Waals surface area contributed by atoms with E-state index >= 15 is 0 Å². The number of benzene rings is 2. The fraction of sp³-hybridized carbons (Fsp3) is 0.200. The van der Waals surface area contributed by atoms with Crippen LogP contribution in [0.15, 0.2) is 47.4 Å². The first-order chi connectivity index (χ1) is 13.5. The van der Waals surface area contributed by atoms with Crippen LogP contribution in [0.4, 0.5) is 15.8 Å². The highest BCUT2D eigenvalue weighted by molar-refractivity contribution is 8.27. The zero-order valence-electron chi connectivity index (χ0n) is 14.7. The van der Waals surface area contributed by atoms with Gasteiger partial charge in [0.05, 0.1) is 28.8 Å². The molecule has 2 aliphatic heterocycles. The lowest BCUT2D eigenvalue weighted by Gasteiger charge is -2.28. The fourth-order valence-electron chi connectivity index (χ4n) is 3.07. The summed E-state index contributed by atoms with van der Waals surface area (Å²) in [5, 5.41) is -0.0470. The minimum absolute atomic E-state index is 0.0470. The molecule has 0 spiro atoms. The molecule has 4 rings (SSSR count). The highest BCUT2D eigenvalue weighted by Crippen LogP contribution is 2.37. The largest absolute Gasteiger partial charge is 0.378 e. The predicted octanol–water partition coefficient (Wildman–Crippen LogP) is 4.72. The lowest BCUT2D eigenvalue weighted by atomic mass is 10.1. The molecule has 0 N–H and O–H groups in total. The Morgan fingerprint density at radius 1 is 1.11 bits per heavy atom. The molecule has 0 aliphatic carbocycles. The van der Waals surface area contributed by atoms with E-state index in [-0.39, 0.29) is 10.9 Å². The van der Waals surface area contributed by atoms with E-state index in [1.807, 2.05) is 30.3 Å². The van der Waals surface area contributed by atoms with Gasteiger partial charge < -0.3 is 9.64 Å². The molecule has 2 aliphatic rings. The molecule has 28 heavy (non-hydrogen) atoms. The maximum absolute atomic E-state index is 13.4. The van der Waals surface area contributed by atoms with Gasteiger partial charge in [-0.05, 0) is 42.0 Å². The van der Waals surface area contributed by atoms with Crippen LogP contribution in [0.2, 0.25) is 5.02 Å². The Labute approximate surface area is 176 Å². The third-order valence-electron chi connectivity index (χ3n) is 4.52. The highest BCUT2D eigenvalue weighted by atomic mass is 35.5. The van der Waals surface area contributed by atoms with Crippen molar-refractivity contribution in [1.29, 1.82) is 0 Å². The van der Waals surface area contributed by atoms with Crippen molar-refractivity contribution >= 4 is 63.3 Å². The van der Waals surface area contributed by atoms with Crippen molar-refractivity contribution in [3.05, 3.63) is 63.8 Å². The zero-order chi connectivity index (χ0) is 19.7. The molecule has 8 heteroatoms. The first-order valence-corrected chi connectivity index (χ1v) is 10.3. The summed E-state index contributed by atoms with van der Waals surface area (Å²) in [4.78, 5) is 17.0. The van der Waals surface area contributed by atoms with Crippen LogP contribution < -0.4 is 9.80 Å². The summed E-state index contributed by atoms with van der Waals surface area (Å²) in [6.07, 6.45) is 1.81. The number of carbonyl (C=O) groups is 1. The van der Waals surface area contributed by atoms with Crippen molar-refractivity contribution in [2.24, 2.45) is 0 Å². The fourth-order valence-corrected chi connectivity index (χ4v) is 4.54. The van der Waals surface area contributed by atoms with Crippen LogP contribution in [0.25, 0.3) is 6.08 Å². The van der Waals surface area contributed by atoms with Crippen LogP contribution in [0, 0.1) is 5.82 Å². The van der Waals surface area contributed by atoms with Gasteiger partial charge >= 0.3 is 0 Å². The Morgan fingerprint density at radius 2 is 1.79 bits per heavy atom. The standard InChI is InChI=1S/C20H16ClFN2O2S2/c21-16-12-15(5-6-17(16)22)24-19(25)18(28-20(24)27)11-13-1-3-14(4-2-13)23-7-9-26-10-8-23/h1-6,11-12H,7-10H2/b18-11-. The molecule has 0 saturated carbocycles. The van der Waals surface area contributed by atoms with Crippen molar-refractivity contribution in [3.63, 3.8) is 0 Å². The van der Waals surface area contributed by atoms with Gasteiger partial charge in [-0.1, -0.05) is 47.7 Å². The Bertz CT molecular complexity index is 959. The second-order valence-corrected chi connectivity index (χ2v) is 8.39. The van der Waals surface area contributed by atoms with Crippen molar-refractivity contribution in [1.82, 2.24) is 0 Å². The van der Waals surface area contributed by atoms with E-state index in [0.29, 0.717) is 14.9 Å². The lowest BCUT2D eigenvalue weighted by Crippen LogP contribution is -2.36. The molecule has 0 bridgehead atoms. The number of nitrogens with zero attached hydrogens (tertiary/aromatic N) is 2. The van der Waals surface area contributed by atoms with Crippen LogP contribution in [0.5, 0.6) is 0 Å². The number of anilines is 2. The number of hydrogen-bond acceptors (Lipinski definition) is 5. The number of thioether (sulfide) groups is 1. The number of halogens is 2. The van der Waals surface area contributed by atoms with Gasteiger partial charge in [0.1, 0.15) is 5.82 Å². The third kappa shape index (κ3) is 3.93. The SMILES string of the molecule is O=C1/C(=C/c2ccc(N3CCOCC3)cc2)SC(=S)N1c1ccc(F)c(Cl)c1. The maximum atomic E-state index is 13.4. The number of morpholine rings is 1. The molecule has 1 amide bonds. The average Bonchev–Trinajstić information content (AvgIpc) is 2.98. The van der Waals surface area contributed by atoms with Gasteiger partial charge in [0.15, 0.2) is 4.32 Å². The van der Waals surface area contributed by atoms with E-state index in [2.05, 4.69) is 4.90 Å². The van der Waals surface area contributed by atoms with Gasteiger partial charge in [0, 0.05) is 18.8 Å². The molecule has 0 radical (unpaired) electrons. The molecule has 4 nitrogen and oxygen atoms in total. The molecule has 2 aromatic rings. The van der Waals surface area contributed by atoms with Gasteiger partial charge in [-0.2, -0.15) is 0 Å². The second-order valence-electron chi connectivity index (χ2n) is 6.31. The summed E-state index contributed by atoms with van der Waals surface area (Å²) < 4.78 is 19.2. The van der Waals surface area contributed by atoms with Crippen LogP contribution in [0.3, 0.4) is 0 Å². The minimum atomic E-state index is -0.535. The van der Waals surface area contributed by atoms with Crippen molar-refractivity contribution in [2.75, 3.05) is 36.1 Å². The van der Waals surface area contributed by atoms with Gasteiger partial charge in [0.25, 0.3) is 5.91 Å². The number of carbonyl (C=O) groups excluding carboxylic acids is 1. The average molecular weight is 435 g/mol. The molecular formula is C20H16ClFN2O2S2. The highest BCUT2D eigenvalue weighted by Gasteiger charge is 2.33. The number of rotatable bonds is 3. The van der Waals surface area contributed by atoms with E-state index in [1.165, 1.54) is 34.9 Å². The molecule has 2 aromatic carbocycles. The molecule has 2 saturated heterocycles. The first kappa shape index (κ1) is 19.4. The van der Waals surface area contributed by atoms with Gasteiger partial charge in [-0.25, -0.2) is 4.39 Å². The molecule has 2 fully saturated rings. The van der Waals surface area contributed by atoms with Crippen LogP contribution >= 0.6 is 35.6 Å². The van der Waals surface area contributed by atoms with Crippen LogP contribution in [-0.2, 0) is 9.53 Å². The van der Waals surface area contributed by atoms with E-state index in [4.69, 9.17) is 28.6 Å². The smallest absolute Gasteiger partial charge is 0.270 e. The van der Waals surface area contributed by atoms with Gasteiger partial charge in [-0.15, -0.1) is 0 Å². The summed E-state index contributed by atoms with van der Waals surface area (Å²) in [5.41, 5.74) is 2.50. The number of amides is 1. The number of thiocarbonyl (C=S) groups is 1. The molecule has 2 heterocycles. The minimum Gasteiger partial charge on any atom is -0.378 e. The molecule has 144 valence electrons. The predicted molar refractivity (Wildman–Crippen MR) is 117 cm³/mol. The quantitative estimate of drug-likeness (QED) is 0.515. The van der Waals surface area contributed by atoms with E-state index in [9.17, 15) is 9.18 Å². The van der Waals surface area contributed by atoms with Gasteiger partial charge in [-0.3, -0.25) is 9.69 Å². The normalized spacial score (nSPS) is 19.0. The van der Waals surface area contributed by atoms with Crippen molar-refractivity contribution < 1.29 is 13.9 Å². The summed E-state index contributed by atoms with van der Waals surface area (Å²) in [6.45, 7) is 3.21. The Morgan fingerprint density at radius 3 is 2.46 bits per heavy atom. The topological polar surface area (TPSA) is 32.8 Å².